The molecule has 11 heteroatoms. The van der Waals surface area contributed by atoms with Crippen LogP contribution in [0.1, 0.15) is 412 Å². The van der Waals surface area contributed by atoms with Gasteiger partial charge in [0, 0.05) is 12.8 Å². The molecule has 0 saturated carbocycles. The van der Waals surface area contributed by atoms with Gasteiger partial charge in [0.05, 0.1) is 32.0 Å². The van der Waals surface area contributed by atoms with Crippen molar-refractivity contribution >= 4 is 11.9 Å². The highest BCUT2D eigenvalue weighted by atomic mass is 16.7. The summed E-state index contributed by atoms with van der Waals surface area (Å²) in [6, 6.07) is -0.825. The first-order valence-corrected chi connectivity index (χ1v) is 41.4. The standard InChI is InChI=1S/C84H157NO10/c1-3-5-7-9-11-13-15-16-17-18-43-46-49-52-56-60-64-68-72-80(89)93-73-69-65-61-57-53-50-47-44-41-39-37-35-33-31-29-27-25-23-21-19-20-22-24-26-28-30-32-34-36-38-40-42-45-48-51-55-59-63-67-71-79(88)85-76(75-94-84-83(92)82(91)81(90)78(74-86)95-84)77(87)70-66-62-58-54-14-12-10-8-6-4-2/h14,19-20,23,25,54,66,70,76-78,81-84,86-87,90-92H,3-13,15-18,21-22,24,26-53,55-65,67-69,71-75H2,1-2H3,(H,85,88)/b20-19-,25-23-,54-14+,70-66+. The SMILES string of the molecule is CCCCCC/C=C/CC/C=C/C(O)C(COC1OC(CO)C(O)C(O)C1O)NC(=O)CCCCCCCCCCCCCCCCCCC/C=C\C/C=C\CCCCCCCCCCCCCCCCCOC(=O)CCCCCCCCCCCCCCCCCCCC. The first kappa shape index (κ1) is 90.6. The zero-order chi connectivity index (χ0) is 68.6. The molecule has 7 unspecified atom stereocenters. The van der Waals surface area contributed by atoms with Crippen molar-refractivity contribution in [3.63, 3.8) is 0 Å². The second-order valence-corrected chi connectivity index (χ2v) is 28.8. The monoisotopic (exact) mass is 1340 g/mol. The molecule has 0 aromatic carbocycles. The molecule has 0 aromatic rings. The number of aliphatic hydroxyl groups is 5. The fraction of sp³-hybridized carbons (Fsp3) is 0.881. The van der Waals surface area contributed by atoms with E-state index in [1.54, 1.807) is 6.08 Å². The van der Waals surface area contributed by atoms with Gasteiger partial charge in [-0.05, 0) is 77.0 Å². The summed E-state index contributed by atoms with van der Waals surface area (Å²) in [5.41, 5.74) is 0. The number of carbonyl (C=O) groups is 2. The maximum absolute atomic E-state index is 13.0. The maximum atomic E-state index is 13.0. The molecular formula is C84H157NO10. The highest BCUT2D eigenvalue weighted by molar-refractivity contribution is 5.76. The summed E-state index contributed by atoms with van der Waals surface area (Å²) in [6.45, 7) is 4.35. The zero-order valence-electron chi connectivity index (χ0n) is 62.4. The normalized spacial score (nSPS) is 17.6. The lowest BCUT2D eigenvalue weighted by Crippen LogP contribution is -2.60. The Balaban J connectivity index is 1.86. The Bertz CT molecular complexity index is 1720. The van der Waals surface area contributed by atoms with E-state index in [0.717, 1.165) is 57.8 Å². The molecule has 0 aromatic heterocycles. The van der Waals surface area contributed by atoms with Crippen molar-refractivity contribution in [2.45, 2.75) is 455 Å². The zero-order valence-corrected chi connectivity index (χ0v) is 62.4. The molecular weight excluding hydrogens is 1180 g/mol. The van der Waals surface area contributed by atoms with E-state index >= 15 is 0 Å². The minimum Gasteiger partial charge on any atom is -0.466 e. The Labute approximate surface area is 586 Å². The van der Waals surface area contributed by atoms with Crippen LogP contribution in [0.5, 0.6) is 0 Å². The highest BCUT2D eigenvalue weighted by Gasteiger charge is 2.44. The van der Waals surface area contributed by atoms with Crippen LogP contribution in [-0.4, -0.2) is 100 Å². The van der Waals surface area contributed by atoms with E-state index in [2.05, 4.69) is 55.6 Å². The molecule has 1 rings (SSSR count). The predicted octanol–water partition coefficient (Wildman–Crippen LogP) is 22.6. The number of amides is 1. The molecule has 11 nitrogen and oxygen atoms in total. The van der Waals surface area contributed by atoms with Crippen LogP contribution in [0.2, 0.25) is 0 Å². The minimum atomic E-state index is -1.57. The second-order valence-electron chi connectivity index (χ2n) is 28.8. The average molecular weight is 1340 g/mol. The van der Waals surface area contributed by atoms with E-state index in [0.29, 0.717) is 19.4 Å². The van der Waals surface area contributed by atoms with Gasteiger partial charge in [0.2, 0.25) is 5.91 Å². The number of allylic oxidation sites excluding steroid dienone is 7. The molecule has 558 valence electrons. The van der Waals surface area contributed by atoms with Crippen molar-refractivity contribution in [2.24, 2.45) is 0 Å². The number of nitrogens with one attached hydrogen (secondary N) is 1. The fourth-order valence-corrected chi connectivity index (χ4v) is 13.2. The summed E-state index contributed by atoms with van der Waals surface area (Å²) in [7, 11) is 0. The Morgan fingerprint density at radius 2 is 0.716 bits per heavy atom. The third-order valence-corrected chi connectivity index (χ3v) is 19.7. The van der Waals surface area contributed by atoms with Crippen LogP contribution < -0.4 is 5.32 Å². The fourth-order valence-electron chi connectivity index (χ4n) is 13.2. The largest absolute Gasteiger partial charge is 0.466 e. The van der Waals surface area contributed by atoms with Crippen LogP contribution in [0.3, 0.4) is 0 Å². The smallest absolute Gasteiger partial charge is 0.305 e. The third kappa shape index (κ3) is 61.2. The van der Waals surface area contributed by atoms with E-state index in [4.69, 9.17) is 14.2 Å². The van der Waals surface area contributed by atoms with Gasteiger partial charge >= 0.3 is 5.97 Å². The molecule has 0 spiro atoms. The Kier molecular flexibility index (Phi) is 69.5. The van der Waals surface area contributed by atoms with E-state index in [1.807, 2.05) is 6.08 Å². The lowest BCUT2D eigenvalue weighted by atomic mass is 9.99. The Morgan fingerprint density at radius 1 is 0.389 bits per heavy atom. The number of unbranched alkanes of at least 4 members (excludes halogenated alkanes) is 54. The second kappa shape index (κ2) is 72.9. The van der Waals surface area contributed by atoms with Crippen molar-refractivity contribution in [3.05, 3.63) is 48.6 Å². The molecule has 0 aliphatic carbocycles. The van der Waals surface area contributed by atoms with Gasteiger partial charge in [0.25, 0.3) is 0 Å². The molecule has 1 aliphatic heterocycles. The summed E-state index contributed by atoms with van der Waals surface area (Å²) < 4.78 is 16.8. The third-order valence-electron chi connectivity index (χ3n) is 19.7. The van der Waals surface area contributed by atoms with E-state index in [1.165, 1.54) is 327 Å². The van der Waals surface area contributed by atoms with Crippen molar-refractivity contribution in [3.8, 4) is 0 Å². The van der Waals surface area contributed by atoms with Gasteiger partial charge in [-0.25, -0.2) is 0 Å². The molecule has 1 fully saturated rings. The van der Waals surface area contributed by atoms with Crippen LogP contribution in [0.15, 0.2) is 48.6 Å². The number of ether oxygens (including phenoxy) is 3. The molecule has 1 amide bonds. The van der Waals surface area contributed by atoms with Crippen LogP contribution in [0.25, 0.3) is 0 Å². The minimum absolute atomic E-state index is 0.0195. The van der Waals surface area contributed by atoms with E-state index < -0.39 is 49.5 Å². The number of aliphatic hydroxyl groups excluding tert-OH is 5. The predicted molar refractivity (Wildman–Crippen MR) is 403 cm³/mol. The van der Waals surface area contributed by atoms with Crippen molar-refractivity contribution in [1.29, 1.82) is 0 Å². The van der Waals surface area contributed by atoms with Crippen LogP contribution in [0.4, 0.5) is 0 Å². The first-order valence-electron chi connectivity index (χ1n) is 41.4. The summed E-state index contributed by atoms with van der Waals surface area (Å²) in [6.07, 6.45) is 87.5. The van der Waals surface area contributed by atoms with Gasteiger partial charge in [-0.15, -0.1) is 0 Å². The van der Waals surface area contributed by atoms with Gasteiger partial charge in [0.1, 0.15) is 24.4 Å². The molecule has 1 aliphatic rings. The van der Waals surface area contributed by atoms with Crippen molar-refractivity contribution in [2.75, 3.05) is 19.8 Å². The van der Waals surface area contributed by atoms with Gasteiger partial charge in [-0.2, -0.15) is 0 Å². The Morgan fingerprint density at radius 3 is 1.12 bits per heavy atom. The van der Waals surface area contributed by atoms with Gasteiger partial charge in [-0.1, -0.05) is 371 Å². The lowest BCUT2D eigenvalue weighted by molar-refractivity contribution is -0.302. The summed E-state index contributed by atoms with van der Waals surface area (Å²) in [5, 5.41) is 54.4. The van der Waals surface area contributed by atoms with Crippen molar-refractivity contribution in [1.82, 2.24) is 5.32 Å². The number of hydrogen-bond donors (Lipinski definition) is 6. The molecule has 1 heterocycles. The highest BCUT2D eigenvalue weighted by Crippen LogP contribution is 2.24. The van der Waals surface area contributed by atoms with E-state index in [9.17, 15) is 35.1 Å². The average Bonchev–Trinajstić information content (AvgIpc) is 0.872. The lowest BCUT2D eigenvalue weighted by Gasteiger charge is -2.40. The van der Waals surface area contributed by atoms with Gasteiger partial charge < -0.3 is 45.1 Å². The van der Waals surface area contributed by atoms with Crippen LogP contribution in [0, 0.1) is 0 Å². The Hall–Kier alpha value is -2.38. The summed E-state index contributed by atoms with van der Waals surface area (Å²) in [5.74, 6) is -0.170. The van der Waals surface area contributed by atoms with Crippen LogP contribution in [-0.2, 0) is 23.8 Å². The molecule has 1 saturated heterocycles. The number of hydrogen-bond acceptors (Lipinski definition) is 10. The van der Waals surface area contributed by atoms with Crippen molar-refractivity contribution < 1.29 is 49.3 Å². The van der Waals surface area contributed by atoms with Gasteiger partial charge in [-0.3, -0.25) is 9.59 Å². The molecule has 0 bridgehead atoms. The van der Waals surface area contributed by atoms with Crippen LogP contribution >= 0.6 is 0 Å². The topological polar surface area (TPSA) is 175 Å². The summed E-state index contributed by atoms with van der Waals surface area (Å²) in [4.78, 5) is 25.2. The molecule has 7 atom stereocenters. The van der Waals surface area contributed by atoms with E-state index in [-0.39, 0.29) is 18.5 Å². The number of esters is 1. The molecule has 95 heavy (non-hydrogen) atoms. The number of carbonyl (C=O) groups excluding carboxylic acids is 2. The molecule has 0 radical (unpaired) electrons. The maximum Gasteiger partial charge on any atom is 0.305 e. The van der Waals surface area contributed by atoms with Gasteiger partial charge in [0.15, 0.2) is 6.29 Å². The summed E-state index contributed by atoms with van der Waals surface area (Å²) >= 11 is 0. The number of rotatable bonds is 74. The molecule has 6 N–H and O–H groups in total. The first-order chi connectivity index (χ1) is 46.7. The quantitative estimate of drug-likeness (QED) is 0.0195.